The van der Waals surface area contributed by atoms with Crippen molar-refractivity contribution in [3.8, 4) is 11.3 Å². The Bertz CT molecular complexity index is 849. The number of rotatable bonds is 4. The number of hydrogen-bond donors (Lipinski definition) is 1. The zero-order chi connectivity index (χ0) is 15.7. The van der Waals surface area contributed by atoms with Crippen LogP contribution in [0.25, 0.3) is 16.9 Å². The van der Waals surface area contributed by atoms with Gasteiger partial charge in [-0.05, 0) is 30.3 Å². The number of carbonyl (C=O) groups is 1. The predicted molar refractivity (Wildman–Crippen MR) is 83.2 cm³/mol. The summed E-state index contributed by atoms with van der Waals surface area (Å²) in [4.78, 5) is 15.6. The number of aromatic nitrogens is 3. The normalized spacial score (nSPS) is 10.5. The van der Waals surface area contributed by atoms with Crippen molar-refractivity contribution in [2.75, 3.05) is 7.11 Å². The molecule has 0 saturated heterocycles. The maximum atomic E-state index is 13.0. The zero-order valence-electron chi connectivity index (χ0n) is 11.7. The Labute approximate surface area is 153 Å². The summed E-state index contributed by atoms with van der Waals surface area (Å²) in [5.74, 6) is -1.46. The number of hydrogen-bond acceptors (Lipinski definition) is 4. The summed E-state index contributed by atoms with van der Waals surface area (Å²) in [6.07, 6.45) is 1.25. The number of carboxylic acid groups (broad SMARTS) is 1. The van der Waals surface area contributed by atoms with E-state index < -0.39 is 5.97 Å². The van der Waals surface area contributed by atoms with Gasteiger partial charge in [0, 0.05) is 12.7 Å². The molecule has 0 aliphatic rings. The van der Waals surface area contributed by atoms with Crippen LogP contribution in [0.4, 0.5) is 4.39 Å². The topological polar surface area (TPSA) is 76.7 Å². The van der Waals surface area contributed by atoms with E-state index in [2.05, 4.69) is 10.1 Å². The quantitative estimate of drug-likeness (QED) is 0.739. The fourth-order valence-corrected chi connectivity index (χ4v) is 2.20. The molecule has 0 unspecified atom stereocenters. The molecule has 3 rings (SSSR count). The zero-order valence-corrected chi connectivity index (χ0v) is 11.7. The van der Waals surface area contributed by atoms with Crippen LogP contribution >= 0.6 is 0 Å². The molecule has 0 bridgehead atoms. The molecule has 6 nitrogen and oxygen atoms in total. The van der Waals surface area contributed by atoms with E-state index in [1.807, 2.05) is 0 Å². The van der Waals surface area contributed by atoms with E-state index in [4.69, 9.17) is 4.74 Å². The van der Waals surface area contributed by atoms with Crippen LogP contribution in [0.5, 0.6) is 0 Å². The van der Waals surface area contributed by atoms with Gasteiger partial charge in [0.25, 0.3) is 0 Å². The van der Waals surface area contributed by atoms with Crippen molar-refractivity contribution in [3.63, 3.8) is 0 Å². The van der Waals surface area contributed by atoms with Crippen LogP contribution in [0.2, 0.25) is 0 Å². The first-order chi connectivity index (χ1) is 10.6. The molecule has 0 saturated carbocycles. The number of benzene rings is 1. The molecule has 0 atom stereocenters. The summed E-state index contributed by atoms with van der Waals surface area (Å²) in [5, 5.41) is 13.3. The minimum absolute atomic E-state index is 0. The van der Waals surface area contributed by atoms with Crippen molar-refractivity contribution in [1.29, 1.82) is 0 Å². The molecule has 23 heavy (non-hydrogen) atoms. The van der Waals surface area contributed by atoms with Gasteiger partial charge in [0.1, 0.15) is 11.4 Å². The Kier molecular flexibility index (Phi) is 5.48. The second-order valence-electron chi connectivity index (χ2n) is 4.67. The Morgan fingerprint density at radius 1 is 1.35 bits per heavy atom. The second-order valence-corrected chi connectivity index (χ2v) is 4.67. The van der Waals surface area contributed by atoms with E-state index in [1.165, 1.54) is 30.0 Å². The molecule has 0 amide bonds. The average Bonchev–Trinajstić information content (AvgIpc) is 2.92. The number of carboxylic acids is 1. The predicted octanol–water partition coefficient (Wildman–Crippen LogP) is 1.73. The number of aromatic carboxylic acids is 1. The maximum absolute atomic E-state index is 13.0. The SMILES string of the molecule is COCc1cc(-c2ccc(F)cc2)nc2c(C(=O)O)cnn12.[NaH]. The van der Waals surface area contributed by atoms with Crippen molar-refractivity contribution < 1.29 is 19.0 Å². The van der Waals surface area contributed by atoms with Gasteiger partial charge in [-0.2, -0.15) is 5.10 Å². The molecule has 1 aromatic carbocycles. The third kappa shape index (κ3) is 3.42. The van der Waals surface area contributed by atoms with Crippen LogP contribution in [0.1, 0.15) is 16.1 Å². The van der Waals surface area contributed by atoms with Crippen molar-refractivity contribution >= 4 is 41.2 Å². The molecule has 0 spiro atoms. The molecule has 2 aromatic heterocycles. The molecular formula is C15H13FN3NaO3. The summed E-state index contributed by atoms with van der Waals surface area (Å²) in [7, 11) is 1.53. The van der Waals surface area contributed by atoms with E-state index in [-0.39, 0.29) is 53.2 Å². The first-order valence-electron chi connectivity index (χ1n) is 6.46. The van der Waals surface area contributed by atoms with E-state index in [0.717, 1.165) is 0 Å². The monoisotopic (exact) mass is 325 g/mol. The van der Waals surface area contributed by atoms with Gasteiger partial charge in [-0.1, -0.05) is 0 Å². The van der Waals surface area contributed by atoms with Gasteiger partial charge in [0.05, 0.1) is 24.2 Å². The Hall–Kier alpha value is -1.80. The number of ether oxygens (including phenoxy) is 1. The van der Waals surface area contributed by atoms with E-state index in [0.29, 0.717) is 17.0 Å². The van der Waals surface area contributed by atoms with Crippen molar-refractivity contribution in [1.82, 2.24) is 14.6 Å². The number of halogens is 1. The summed E-state index contributed by atoms with van der Waals surface area (Å²) in [6.45, 7) is 0.244. The number of nitrogens with zero attached hydrogens (tertiary/aromatic N) is 3. The summed E-state index contributed by atoms with van der Waals surface area (Å²) in [5.41, 5.74) is 2.09. The molecule has 0 aliphatic carbocycles. The van der Waals surface area contributed by atoms with Crippen LogP contribution < -0.4 is 0 Å². The number of fused-ring (bicyclic) bond motifs is 1. The molecule has 3 aromatic rings. The molecule has 1 N–H and O–H groups in total. The second kappa shape index (κ2) is 7.18. The van der Waals surface area contributed by atoms with Crippen molar-refractivity contribution in [3.05, 3.63) is 53.6 Å². The van der Waals surface area contributed by atoms with Crippen molar-refractivity contribution in [2.24, 2.45) is 0 Å². The minimum atomic E-state index is -1.11. The molecule has 0 aliphatic heterocycles. The Balaban J connectivity index is 0.00000192. The number of methoxy groups -OCH3 is 1. The third-order valence-corrected chi connectivity index (χ3v) is 3.21. The van der Waals surface area contributed by atoms with Crippen LogP contribution in [-0.2, 0) is 11.3 Å². The van der Waals surface area contributed by atoms with Gasteiger partial charge in [0.2, 0.25) is 0 Å². The van der Waals surface area contributed by atoms with Gasteiger partial charge >= 0.3 is 35.5 Å². The molecule has 114 valence electrons. The van der Waals surface area contributed by atoms with Crippen LogP contribution in [0.15, 0.2) is 36.5 Å². The summed E-state index contributed by atoms with van der Waals surface area (Å²) in [6, 6.07) is 7.56. The van der Waals surface area contributed by atoms with E-state index >= 15 is 0 Å². The van der Waals surface area contributed by atoms with Crippen LogP contribution in [-0.4, -0.2) is 62.3 Å². The molecule has 0 radical (unpaired) electrons. The van der Waals surface area contributed by atoms with Gasteiger partial charge in [-0.3, -0.25) is 0 Å². The third-order valence-electron chi connectivity index (χ3n) is 3.21. The first-order valence-corrected chi connectivity index (χ1v) is 6.46. The summed E-state index contributed by atoms with van der Waals surface area (Å²) >= 11 is 0. The standard InChI is InChI=1S/C15H12FN3O3.Na.H/c1-22-8-11-6-13(9-2-4-10(16)5-3-9)18-14-12(15(20)21)7-17-19(11)14;;/h2-7H,8H2,1H3,(H,20,21);;. The molecule has 8 heteroatoms. The fraction of sp³-hybridized carbons (Fsp3) is 0.133. The van der Waals surface area contributed by atoms with Gasteiger partial charge in [-0.25, -0.2) is 18.7 Å². The van der Waals surface area contributed by atoms with Crippen LogP contribution in [0, 0.1) is 5.82 Å². The van der Waals surface area contributed by atoms with E-state index in [9.17, 15) is 14.3 Å². The Morgan fingerprint density at radius 3 is 2.65 bits per heavy atom. The average molecular weight is 325 g/mol. The first kappa shape index (κ1) is 17.6. The van der Waals surface area contributed by atoms with Gasteiger partial charge < -0.3 is 9.84 Å². The van der Waals surface area contributed by atoms with Gasteiger partial charge in [-0.15, -0.1) is 0 Å². The molecule has 0 fully saturated rings. The van der Waals surface area contributed by atoms with Crippen molar-refractivity contribution in [2.45, 2.75) is 6.61 Å². The van der Waals surface area contributed by atoms with E-state index in [1.54, 1.807) is 18.2 Å². The summed E-state index contributed by atoms with van der Waals surface area (Å²) < 4.78 is 19.6. The van der Waals surface area contributed by atoms with Gasteiger partial charge in [0.15, 0.2) is 5.65 Å². The fourth-order valence-electron chi connectivity index (χ4n) is 2.20. The Morgan fingerprint density at radius 2 is 2.04 bits per heavy atom. The molecular weight excluding hydrogens is 312 g/mol. The van der Waals surface area contributed by atoms with Crippen LogP contribution in [0.3, 0.4) is 0 Å². The molecule has 2 heterocycles.